The molecule has 24 heavy (non-hydrogen) atoms. The van der Waals surface area contributed by atoms with E-state index in [-0.39, 0.29) is 17.3 Å². The Morgan fingerprint density at radius 1 is 0.583 bits per heavy atom. The number of carbonyl (C=O) groups excluding carboxylic acids is 1. The Kier molecular flexibility index (Phi) is 5.63. The van der Waals surface area contributed by atoms with Gasteiger partial charge in [0.25, 0.3) is 0 Å². The van der Waals surface area contributed by atoms with Gasteiger partial charge >= 0.3 is 0 Å². The molecule has 3 nitrogen and oxygen atoms in total. The third-order valence-corrected chi connectivity index (χ3v) is 3.06. The average molecular weight is 328 g/mol. The Balaban J connectivity index is 0.000000219. The lowest BCUT2D eigenvalue weighted by atomic mass is 10.0. The molecule has 0 saturated carbocycles. The number of aromatic hydroxyl groups is 2. The molecule has 0 fully saturated rings. The van der Waals surface area contributed by atoms with Crippen LogP contribution in [0.2, 0.25) is 0 Å². The third-order valence-electron chi connectivity index (χ3n) is 3.06. The summed E-state index contributed by atoms with van der Waals surface area (Å²) in [7, 11) is 0. The molecule has 122 valence electrons. The van der Waals surface area contributed by atoms with Crippen LogP contribution < -0.4 is 0 Å². The molecular formula is C19H14F2O3. The zero-order valence-electron chi connectivity index (χ0n) is 12.5. The quantitative estimate of drug-likeness (QED) is 0.545. The number of hydrogen-bond donors (Lipinski definition) is 2. The minimum atomic E-state index is -0.393. The highest BCUT2D eigenvalue weighted by Crippen LogP contribution is 2.13. The molecule has 0 aliphatic heterocycles. The SMILES string of the molecule is O=C(c1ccc(F)cc1)c1ccc(F)cc1.Oc1ccc(O)cc1. The largest absolute Gasteiger partial charge is 0.508 e. The lowest BCUT2D eigenvalue weighted by Gasteiger charge is -2.00. The Hall–Kier alpha value is -3.21. The maximum atomic E-state index is 12.6. The second-order valence-corrected chi connectivity index (χ2v) is 4.86. The van der Waals surface area contributed by atoms with E-state index >= 15 is 0 Å². The van der Waals surface area contributed by atoms with Crippen LogP contribution in [-0.2, 0) is 0 Å². The predicted octanol–water partition coefficient (Wildman–Crippen LogP) is 4.29. The van der Waals surface area contributed by atoms with Gasteiger partial charge in [-0.2, -0.15) is 0 Å². The van der Waals surface area contributed by atoms with Gasteiger partial charge in [0.1, 0.15) is 23.1 Å². The van der Waals surface area contributed by atoms with Gasteiger partial charge in [0, 0.05) is 11.1 Å². The molecule has 0 amide bonds. The summed E-state index contributed by atoms with van der Waals surface area (Å²) in [4.78, 5) is 11.8. The van der Waals surface area contributed by atoms with Gasteiger partial charge in [-0.15, -0.1) is 0 Å². The number of carbonyl (C=O) groups is 1. The van der Waals surface area contributed by atoms with E-state index in [1.807, 2.05) is 0 Å². The molecule has 0 atom stereocenters. The number of rotatable bonds is 2. The van der Waals surface area contributed by atoms with E-state index < -0.39 is 11.6 Å². The van der Waals surface area contributed by atoms with Crippen molar-refractivity contribution < 1.29 is 23.8 Å². The highest BCUT2D eigenvalue weighted by Gasteiger charge is 2.08. The number of benzene rings is 3. The second-order valence-electron chi connectivity index (χ2n) is 4.86. The minimum absolute atomic E-state index is 0.169. The number of ketones is 1. The molecule has 0 aliphatic carbocycles. The fraction of sp³-hybridized carbons (Fsp3) is 0. The first kappa shape index (κ1) is 17.1. The number of hydrogen-bond acceptors (Lipinski definition) is 3. The molecule has 0 spiro atoms. The molecular weight excluding hydrogens is 314 g/mol. The molecule has 0 aromatic heterocycles. The summed E-state index contributed by atoms with van der Waals surface area (Å²) >= 11 is 0. The topological polar surface area (TPSA) is 57.5 Å². The Labute approximate surface area is 137 Å². The van der Waals surface area contributed by atoms with Crippen molar-refractivity contribution in [2.45, 2.75) is 0 Å². The van der Waals surface area contributed by atoms with Crippen LogP contribution >= 0.6 is 0 Å². The first-order valence-electron chi connectivity index (χ1n) is 6.99. The molecule has 3 rings (SSSR count). The highest BCUT2D eigenvalue weighted by molar-refractivity contribution is 6.08. The molecule has 3 aromatic carbocycles. The first-order valence-corrected chi connectivity index (χ1v) is 6.99. The molecule has 2 N–H and O–H groups in total. The van der Waals surface area contributed by atoms with Crippen molar-refractivity contribution in [1.29, 1.82) is 0 Å². The summed E-state index contributed by atoms with van der Waals surface area (Å²) < 4.78 is 25.3. The van der Waals surface area contributed by atoms with Gasteiger partial charge in [0.15, 0.2) is 5.78 Å². The highest BCUT2D eigenvalue weighted by atomic mass is 19.1. The summed E-state index contributed by atoms with van der Waals surface area (Å²) in [5, 5.41) is 17.3. The van der Waals surface area contributed by atoms with E-state index in [1.165, 1.54) is 72.8 Å². The van der Waals surface area contributed by atoms with Crippen LogP contribution in [-0.4, -0.2) is 16.0 Å². The van der Waals surface area contributed by atoms with Crippen molar-refractivity contribution in [3.63, 3.8) is 0 Å². The van der Waals surface area contributed by atoms with Gasteiger partial charge in [-0.05, 0) is 72.8 Å². The minimum Gasteiger partial charge on any atom is -0.508 e. The standard InChI is InChI=1S/C13H8F2O.C6H6O2/c14-11-5-1-9(2-6-11)13(16)10-3-7-12(15)8-4-10;7-5-1-2-6(8)4-3-5/h1-8H;1-4,7-8H. The predicted molar refractivity (Wildman–Crippen MR) is 86.0 cm³/mol. The van der Waals surface area contributed by atoms with Gasteiger partial charge in [0.05, 0.1) is 0 Å². The van der Waals surface area contributed by atoms with E-state index in [1.54, 1.807) is 0 Å². The smallest absolute Gasteiger partial charge is 0.193 e. The zero-order chi connectivity index (χ0) is 17.5. The lowest BCUT2D eigenvalue weighted by Crippen LogP contribution is -2.01. The lowest BCUT2D eigenvalue weighted by molar-refractivity contribution is 0.103. The van der Waals surface area contributed by atoms with Crippen LogP contribution in [0, 0.1) is 11.6 Å². The Morgan fingerprint density at radius 2 is 0.875 bits per heavy atom. The Morgan fingerprint density at radius 3 is 1.17 bits per heavy atom. The third kappa shape index (κ3) is 4.91. The maximum absolute atomic E-state index is 12.6. The van der Waals surface area contributed by atoms with Gasteiger partial charge < -0.3 is 10.2 Å². The zero-order valence-corrected chi connectivity index (χ0v) is 12.5. The fourth-order valence-corrected chi connectivity index (χ4v) is 1.82. The molecule has 0 bridgehead atoms. The maximum Gasteiger partial charge on any atom is 0.193 e. The summed E-state index contributed by atoms with van der Waals surface area (Å²) in [5.74, 6) is -0.697. The van der Waals surface area contributed by atoms with Gasteiger partial charge in [-0.25, -0.2) is 8.78 Å². The van der Waals surface area contributed by atoms with E-state index in [4.69, 9.17) is 10.2 Å². The Bertz CT molecular complexity index is 727. The normalized spacial score (nSPS) is 9.75. The van der Waals surface area contributed by atoms with Crippen LogP contribution in [0.15, 0.2) is 72.8 Å². The molecule has 0 heterocycles. The first-order chi connectivity index (χ1) is 11.5. The van der Waals surface area contributed by atoms with Crippen molar-refractivity contribution in [1.82, 2.24) is 0 Å². The van der Waals surface area contributed by atoms with E-state index in [0.717, 1.165) is 0 Å². The van der Waals surface area contributed by atoms with Crippen molar-refractivity contribution in [2.75, 3.05) is 0 Å². The van der Waals surface area contributed by atoms with E-state index in [9.17, 15) is 13.6 Å². The molecule has 5 heteroatoms. The molecule has 3 aromatic rings. The van der Waals surface area contributed by atoms with Crippen molar-refractivity contribution in [3.8, 4) is 11.5 Å². The van der Waals surface area contributed by atoms with Crippen LogP contribution in [0.5, 0.6) is 11.5 Å². The second kappa shape index (κ2) is 7.87. The van der Waals surface area contributed by atoms with Crippen LogP contribution in [0.4, 0.5) is 8.78 Å². The molecule has 0 aliphatic rings. The van der Waals surface area contributed by atoms with Crippen LogP contribution in [0.3, 0.4) is 0 Å². The van der Waals surface area contributed by atoms with Crippen molar-refractivity contribution in [2.24, 2.45) is 0 Å². The molecule has 0 radical (unpaired) electrons. The summed E-state index contributed by atoms with van der Waals surface area (Å²) in [6.45, 7) is 0. The van der Waals surface area contributed by atoms with Crippen molar-refractivity contribution in [3.05, 3.63) is 95.6 Å². The average Bonchev–Trinajstić information content (AvgIpc) is 2.59. The summed E-state index contributed by atoms with van der Waals surface area (Å²) in [6, 6.07) is 16.2. The molecule has 0 unspecified atom stereocenters. The number of phenolic OH excluding ortho intramolecular Hbond substituents is 2. The van der Waals surface area contributed by atoms with E-state index in [0.29, 0.717) is 11.1 Å². The summed E-state index contributed by atoms with van der Waals surface area (Å²) in [6.07, 6.45) is 0. The van der Waals surface area contributed by atoms with Crippen molar-refractivity contribution >= 4 is 5.78 Å². The van der Waals surface area contributed by atoms with E-state index in [2.05, 4.69) is 0 Å². The van der Waals surface area contributed by atoms with Crippen LogP contribution in [0.25, 0.3) is 0 Å². The fourth-order valence-electron chi connectivity index (χ4n) is 1.82. The van der Waals surface area contributed by atoms with Gasteiger partial charge in [0.2, 0.25) is 0 Å². The van der Waals surface area contributed by atoms with Gasteiger partial charge in [-0.3, -0.25) is 4.79 Å². The summed E-state index contributed by atoms with van der Waals surface area (Å²) in [5.41, 5.74) is 0.765. The molecule has 0 saturated heterocycles. The van der Waals surface area contributed by atoms with Gasteiger partial charge in [-0.1, -0.05) is 0 Å². The monoisotopic (exact) mass is 328 g/mol. The van der Waals surface area contributed by atoms with Crippen LogP contribution in [0.1, 0.15) is 15.9 Å². The number of phenols is 2. The number of halogens is 2.